The Balaban J connectivity index is 2.86. The van der Waals surface area contributed by atoms with Gasteiger partial charge in [0.1, 0.15) is 11.1 Å². The number of fused-ring (bicyclic) bond motifs is 1. The molecule has 84 valence electrons. The van der Waals surface area contributed by atoms with Crippen LogP contribution < -0.4 is 5.56 Å². The number of hydrogen-bond acceptors (Lipinski definition) is 4. The predicted octanol–water partition coefficient (Wildman–Crippen LogP) is 0.748. The van der Waals surface area contributed by atoms with Crippen molar-refractivity contribution in [1.82, 2.24) is 9.55 Å². The zero-order chi connectivity index (χ0) is 11.7. The van der Waals surface area contributed by atoms with Crippen LogP contribution in [0.15, 0.2) is 23.0 Å². The lowest BCUT2D eigenvalue weighted by molar-refractivity contribution is 0.274. The molecule has 1 aromatic carbocycles. The number of benzene rings is 1. The number of aliphatic hydroxyl groups excluding tert-OH is 1. The first-order chi connectivity index (χ1) is 7.65. The zero-order valence-corrected chi connectivity index (χ0v) is 8.98. The van der Waals surface area contributed by atoms with Crippen LogP contribution in [0.5, 0.6) is 5.75 Å². The van der Waals surface area contributed by atoms with Crippen LogP contribution in [-0.4, -0.2) is 26.4 Å². The number of nitrogens with zero attached hydrogens (tertiary/aromatic N) is 2. The van der Waals surface area contributed by atoms with Crippen LogP contribution in [0.1, 0.15) is 0 Å². The molecule has 0 bridgehead atoms. The van der Waals surface area contributed by atoms with E-state index in [-0.39, 0.29) is 29.6 Å². The van der Waals surface area contributed by atoms with Crippen molar-refractivity contribution >= 4 is 22.5 Å². The number of aromatic hydroxyl groups is 1. The van der Waals surface area contributed by atoms with Gasteiger partial charge in [-0.05, 0) is 23.7 Å². The van der Waals surface area contributed by atoms with Gasteiger partial charge in [0.05, 0.1) is 18.7 Å². The number of hydrogen-bond donors (Lipinski definition) is 2. The minimum atomic E-state index is -0.456. The summed E-state index contributed by atoms with van der Waals surface area (Å²) in [6, 6.07) is 4.57. The molecule has 0 aliphatic carbocycles. The molecule has 0 aliphatic heterocycles. The lowest BCUT2D eigenvalue weighted by atomic mass is 10.2. The van der Waals surface area contributed by atoms with E-state index in [9.17, 15) is 9.90 Å². The summed E-state index contributed by atoms with van der Waals surface area (Å²) in [5.74, 6) is -0.140. The second kappa shape index (κ2) is 4.11. The van der Waals surface area contributed by atoms with Gasteiger partial charge in [-0.15, -0.1) is 0 Å². The van der Waals surface area contributed by atoms with Crippen LogP contribution in [0.4, 0.5) is 0 Å². The Kier molecular flexibility index (Phi) is 2.80. The Labute approximate surface area is 95.5 Å². The van der Waals surface area contributed by atoms with E-state index < -0.39 is 5.56 Å². The van der Waals surface area contributed by atoms with Crippen molar-refractivity contribution in [2.24, 2.45) is 0 Å². The maximum Gasteiger partial charge on any atom is 0.266 e. The van der Waals surface area contributed by atoms with Gasteiger partial charge in [-0.3, -0.25) is 9.36 Å². The van der Waals surface area contributed by atoms with Crippen molar-refractivity contribution in [2.75, 3.05) is 6.61 Å². The van der Waals surface area contributed by atoms with Gasteiger partial charge in [-0.2, -0.15) is 0 Å². The average Bonchev–Trinajstić information content (AvgIpc) is 2.24. The molecule has 2 N–H and O–H groups in total. The summed E-state index contributed by atoms with van der Waals surface area (Å²) in [6.45, 7) is -0.171. The minimum Gasteiger partial charge on any atom is -0.507 e. The second-order valence-corrected chi connectivity index (χ2v) is 3.57. The highest BCUT2D eigenvalue weighted by Gasteiger charge is 2.11. The van der Waals surface area contributed by atoms with Crippen molar-refractivity contribution < 1.29 is 10.2 Å². The zero-order valence-electron chi connectivity index (χ0n) is 8.22. The third kappa shape index (κ3) is 1.64. The molecule has 1 heterocycles. The molecule has 1 aromatic heterocycles. The lowest BCUT2D eigenvalue weighted by Gasteiger charge is -2.07. The molecule has 0 aliphatic rings. The largest absolute Gasteiger partial charge is 0.507 e. The van der Waals surface area contributed by atoms with E-state index >= 15 is 0 Å². The molecule has 0 fully saturated rings. The fraction of sp³-hybridized carbons (Fsp3) is 0.200. The average molecular weight is 241 g/mol. The van der Waals surface area contributed by atoms with Crippen LogP contribution in [0.25, 0.3) is 10.9 Å². The molecule has 5 nitrogen and oxygen atoms in total. The second-order valence-electron chi connectivity index (χ2n) is 3.23. The van der Waals surface area contributed by atoms with Gasteiger partial charge in [0, 0.05) is 0 Å². The molecular formula is C10H9ClN2O3. The van der Waals surface area contributed by atoms with Gasteiger partial charge in [0.25, 0.3) is 5.56 Å². The molecular weight excluding hydrogens is 232 g/mol. The predicted molar refractivity (Wildman–Crippen MR) is 59.8 cm³/mol. The van der Waals surface area contributed by atoms with E-state index in [2.05, 4.69) is 4.98 Å². The van der Waals surface area contributed by atoms with Crippen molar-refractivity contribution in [3.05, 3.63) is 33.8 Å². The highest BCUT2D eigenvalue weighted by atomic mass is 35.5. The molecule has 0 amide bonds. The number of halogens is 1. The Morgan fingerprint density at radius 1 is 1.44 bits per heavy atom. The Morgan fingerprint density at radius 2 is 2.19 bits per heavy atom. The van der Waals surface area contributed by atoms with Crippen LogP contribution in [0, 0.1) is 0 Å². The maximum absolute atomic E-state index is 11.9. The van der Waals surface area contributed by atoms with Crippen LogP contribution in [0.3, 0.4) is 0 Å². The number of phenols is 1. The molecule has 2 aromatic rings. The normalized spacial score (nSPS) is 10.9. The van der Waals surface area contributed by atoms with Crippen molar-refractivity contribution in [3.63, 3.8) is 0 Å². The molecule has 0 radical (unpaired) electrons. The number of phenolic OH excluding ortho intramolecular Hbond substituents is 1. The number of aliphatic hydroxyl groups is 1. The monoisotopic (exact) mass is 240 g/mol. The summed E-state index contributed by atoms with van der Waals surface area (Å²) in [4.78, 5) is 15.9. The molecule has 0 saturated heterocycles. The fourth-order valence-corrected chi connectivity index (χ4v) is 1.77. The molecule has 2 rings (SSSR count). The van der Waals surface area contributed by atoms with E-state index in [0.29, 0.717) is 5.52 Å². The number of rotatable bonds is 2. The van der Waals surface area contributed by atoms with Crippen molar-refractivity contribution in [1.29, 1.82) is 0 Å². The summed E-state index contributed by atoms with van der Waals surface area (Å²) in [6.07, 6.45) is 0. The van der Waals surface area contributed by atoms with Crippen LogP contribution >= 0.6 is 11.6 Å². The van der Waals surface area contributed by atoms with Gasteiger partial charge in [0.15, 0.2) is 0 Å². The first-order valence-electron chi connectivity index (χ1n) is 4.64. The molecule has 0 saturated carbocycles. The van der Waals surface area contributed by atoms with E-state index in [1.807, 2.05) is 0 Å². The standard InChI is InChI=1S/C10H9ClN2O3/c11-10-12-6-2-1-3-7(15)8(6)9(16)13(10)4-5-14/h1-3,14-15H,4-5H2. The Hall–Kier alpha value is -1.59. The van der Waals surface area contributed by atoms with Gasteiger partial charge in [-0.25, -0.2) is 4.98 Å². The van der Waals surface area contributed by atoms with E-state index in [1.165, 1.54) is 6.07 Å². The van der Waals surface area contributed by atoms with Gasteiger partial charge >= 0.3 is 0 Å². The first kappa shape index (κ1) is 10.9. The van der Waals surface area contributed by atoms with E-state index in [0.717, 1.165) is 4.57 Å². The quantitative estimate of drug-likeness (QED) is 0.760. The molecule has 6 heteroatoms. The first-order valence-corrected chi connectivity index (χ1v) is 5.02. The van der Waals surface area contributed by atoms with E-state index in [1.54, 1.807) is 12.1 Å². The lowest BCUT2D eigenvalue weighted by Crippen LogP contribution is -2.23. The molecule has 0 spiro atoms. The number of aromatic nitrogens is 2. The smallest absolute Gasteiger partial charge is 0.266 e. The van der Waals surface area contributed by atoms with Crippen LogP contribution in [0.2, 0.25) is 5.28 Å². The third-order valence-electron chi connectivity index (χ3n) is 2.24. The summed E-state index contributed by atoms with van der Waals surface area (Å²) < 4.78 is 1.11. The molecule has 0 unspecified atom stereocenters. The maximum atomic E-state index is 11.9. The molecule has 16 heavy (non-hydrogen) atoms. The van der Waals surface area contributed by atoms with Gasteiger partial charge in [-0.1, -0.05) is 6.07 Å². The topological polar surface area (TPSA) is 75.3 Å². The highest BCUT2D eigenvalue weighted by Crippen LogP contribution is 2.20. The Bertz CT molecular complexity index is 594. The van der Waals surface area contributed by atoms with Crippen molar-refractivity contribution in [3.8, 4) is 5.75 Å². The van der Waals surface area contributed by atoms with Gasteiger partial charge in [0.2, 0.25) is 5.28 Å². The van der Waals surface area contributed by atoms with Crippen molar-refractivity contribution in [2.45, 2.75) is 6.54 Å². The summed E-state index contributed by atoms with van der Waals surface area (Å²) in [5, 5.41) is 18.5. The minimum absolute atomic E-state index is 0.00264. The van der Waals surface area contributed by atoms with E-state index in [4.69, 9.17) is 16.7 Å². The Morgan fingerprint density at radius 3 is 2.88 bits per heavy atom. The SMILES string of the molecule is O=c1c2c(O)cccc2nc(Cl)n1CCO. The van der Waals surface area contributed by atoms with Crippen LogP contribution in [-0.2, 0) is 6.54 Å². The summed E-state index contributed by atoms with van der Waals surface area (Å²) in [5.41, 5.74) is -0.119. The highest BCUT2D eigenvalue weighted by molar-refractivity contribution is 6.28. The van der Waals surface area contributed by atoms with Gasteiger partial charge < -0.3 is 10.2 Å². The third-order valence-corrected chi connectivity index (χ3v) is 2.53. The summed E-state index contributed by atoms with van der Waals surface area (Å²) >= 11 is 5.80. The summed E-state index contributed by atoms with van der Waals surface area (Å²) in [7, 11) is 0. The fourth-order valence-electron chi connectivity index (χ4n) is 1.51. The molecule has 0 atom stereocenters.